The van der Waals surface area contributed by atoms with Crippen LogP contribution in [0, 0.1) is 12.8 Å². The average Bonchev–Trinajstić information content (AvgIpc) is 3.09. The van der Waals surface area contributed by atoms with Gasteiger partial charge >= 0.3 is 12.2 Å². The van der Waals surface area contributed by atoms with Gasteiger partial charge in [-0.25, -0.2) is 13.2 Å². The Morgan fingerprint density at radius 2 is 1.69 bits per heavy atom. The number of nitrogens with zero attached hydrogens (tertiary/aromatic N) is 2. The Hall–Kier alpha value is -4.34. The summed E-state index contributed by atoms with van der Waals surface area (Å²) in [6.45, 7) is 7.43. The van der Waals surface area contributed by atoms with E-state index in [1.807, 2.05) is 20.8 Å². The number of aryl methyl sites for hydroxylation is 1. The number of likely N-dealkylation sites (N-methyl/N-ethyl adjacent to an activating group) is 1. The van der Waals surface area contributed by atoms with E-state index < -0.39 is 45.8 Å². The van der Waals surface area contributed by atoms with Crippen LogP contribution in [0.4, 0.5) is 29.3 Å². The molecule has 3 amide bonds. The SMILES string of the molecule is Cc1ccc(S(=O)(=O)Nc2ccc3c(c2)C(=O)N([C@H](C)CO)C[C@H](C)[C@H](CN(C)C(=O)Nc2ccc(C(F)(F)F)cc2)OCCCC[C@H](C)O3)cc1. The molecule has 0 radical (unpaired) electrons. The van der Waals surface area contributed by atoms with Crippen LogP contribution in [0.2, 0.25) is 0 Å². The van der Waals surface area contributed by atoms with E-state index in [9.17, 15) is 36.3 Å². The second-order valence-electron chi connectivity index (χ2n) is 13.3. The Balaban J connectivity index is 1.59. The highest BCUT2D eigenvalue weighted by Crippen LogP contribution is 2.31. The summed E-state index contributed by atoms with van der Waals surface area (Å²) in [4.78, 5) is 30.4. The van der Waals surface area contributed by atoms with Crippen LogP contribution in [0.5, 0.6) is 5.75 Å². The van der Waals surface area contributed by atoms with E-state index in [4.69, 9.17) is 9.47 Å². The first-order valence-corrected chi connectivity index (χ1v) is 18.6. The van der Waals surface area contributed by atoms with Crippen molar-refractivity contribution in [3.63, 3.8) is 0 Å². The van der Waals surface area contributed by atoms with Crippen LogP contribution in [0.1, 0.15) is 61.5 Å². The van der Waals surface area contributed by atoms with Gasteiger partial charge in [-0.05, 0) is 94.6 Å². The van der Waals surface area contributed by atoms with Crippen LogP contribution >= 0.6 is 0 Å². The van der Waals surface area contributed by atoms with Gasteiger partial charge in [0.05, 0.1) is 40.9 Å². The van der Waals surface area contributed by atoms with Crippen molar-refractivity contribution in [2.24, 2.45) is 5.92 Å². The van der Waals surface area contributed by atoms with Gasteiger partial charge in [-0.2, -0.15) is 13.2 Å². The zero-order valence-electron chi connectivity index (χ0n) is 29.9. The fourth-order valence-electron chi connectivity index (χ4n) is 5.69. The maximum Gasteiger partial charge on any atom is 0.416 e. The summed E-state index contributed by atoms with van der Waals surface area (Å²) in [5.41, 5.74) is 0.506. The molecule has 0 aliphatic carbocycles. The minimum absolute atomic E-state index is 0.0581. The molecule has 3 aromatic carbocycles. The first-order valence-electron chi connectivity index (χ1n) is 17.1. The van der Waals surface area contributed by atoms with Crippen molar-refractivity contribution in [1.82, 2.24) is 9.80 Å². The van der Waals surface area contributed by atoms with Gasteiger partial charge < -0.3 is 29.7 Å². The number of sulfonamides is 1. The van der Waals surface area contributed by atoms with Crippen molar-refractivity contribution >= 4 is 33.3 Å². The highest BCUT2D eigenvalue weighted by Gasteiger charge is 2.32. The molecule has 4 rings (SSSR count). The number of benzene rings is 3. The molecule has 0 aromatic heterocycles. The third-order valence-electron chi connectivity index (χ3n) is 8.90. The van der Waals surface area contributed by atoms with Crippen LogP contribution in [-0.2, 0) is 20.9 Å². The molecule has 1 aliphatic heterocycles. The Morgan fingerprint density at radius 1 is 1.04 bits per heavy atom. The zero-order valence-corrected chi connectivity index (χ0v) is 30.8. The number of ether oxygens (including phenoxy) is 2. The normalized spacial score (nSPS) is 19.8. The number of anilines is 2. The van der Waals surface area contributed by atoms with Gasteiger partial charge in [-0.1, -0.05) is 24.6 Å². The lowest BCUT2D eigenvalue weighted by molar-refractivity contribution is -0.137. The fourth-order valence-corrected chi connectivity index (χ4v) is 6.74. The lowest BCUT2D eigenvalue weighted by Crippen LogP contribution is -2.48. The number of alkyl halides is 3. The first-order chi connectivity index (χ1) is 24.5. The van der Waals surface area contributed by atoms with Crippen LogP contribution < -0.4 is 14.8 Å². The molecule has 52 heavy (non-hydrogen) atoms. The second-order valence-corrected chi connectivity index (χ2v) is 15.0. The quantitative estimate of drug-likeness (QED) is 0.231. The number of aliphatic hydroxyl groups excluding tert-OH is 1. The van der Waals surface area contributed by atoms with Crippen molar-refractivity contribution in [1.29, 1.82) is 0 Å². The largest absolute Gasteiger partial charge is 0.490 e. The number of fused-ring (bicyclic) bond motifs is 1. The number of nitrogens with one attached hydrogen (secondary N) is 2. The number of hydrogen-bond acceptors (Lipinski definition) is 7. The average molecular weight is 749 g/mol. The van der Waals surface area contributed by atoms with Crippen LogP contribution in [0.15, 0.2) is 71.6 Å². The Bertz CT molecular complexity index is 1770. The number of aliphatic hydroxyl groups is 1. The predicted octanol–water partition coefficient (Wildman–Crippen LogP) is 6.77. The number of urea groups is 1. The van der Waals surface area contributed by atoms with Crippen molar-refractivity contribution in [2.75, 3.05) is 43.4 Å². The van der Waals surface area contributed by atoms with Crippen LogP contribution in [-0.4, -0.2) is 86.9 Å². The molecule has 0 bridgehead atoms. The number of carbonyl (C=O) groups excluding carboxylic acids is 2. The van der Waals surface area contributed by atoms with Crippen LogP contribution in [0.25, 0.3) is 0 Å². The summed E-state index contributed by atoms with van der Waals surface area (Å²) < 4.78 is 80.5. The van der Waals surface area contributed by atoms with E-state index in [1.54, 1.807) is 25.1 Å². The van der Waals surface area contributed by atoms with Gasteiger partial charge in [0.25, 0.3) is 15.9 Å². The van der Waals surface area contributed by atoms with Crippen molar-refractivity contribution in [3.05, 3.63) is 83.4 Å². The molecule has 4 atom stereocenters. The molecule has 0 spiro atoms. The Labute approximate surface area is 303 Å². The first kappa shape index (κ1) is 40.4. The lowest BCUT2D eigenvalue weighted by Gasteiger charge is -2.35. The monoisotopic (exact) mass is 748 g/mol. The molecule has 0 saturated heterocycles. The summed E-state index contributed by atoms with van der Waals surface area (Å²) in [7, 11) is -2.45. The number of hydrogen-bond donors (Lipinski definition) is 3. The molecule has 1 heterocycles. The molecular formula is C37H47F3N4O7S. The van der Waals surface area contributed by atoms with Gasteiger partial charge in [0.1, 0.15) is 5.75 Å². The van der Waals surface area contributed by atoms with E-state index in [2.05, 4.69) is 10.0 Å². The number of carbonyl (C=O) groups is 2. The molecule has 15 heteroatoms. The van der Waals surface area contributed by atoms with E-state index in [1.165, 1.54) is 53.2 Å². The molecule has 0 saturated carbocycles. The molecule has 3 N–H and O–H groups in total. The van der Waals surface area contributed by atoms with Crippen LogP contribution in [0.3, 0.4) is 0 Å². The molecule has 0 unspecified atom stereocenters. The summed E-state index contributed by atoms with van der Waals surface area (Å²) in [5.74, 6) is -0.618. The molecular weight excluding hydrogens is 701 g/mol. The van der Waals surface area contributed by atoms with Crippen molar-refractivity contribution in [2.45, 2.75) is 76.3 Å². The number of halogens is 3. The van der Waals surface area contributed by atoms with E-state index in [-0.39, 0.29) is 59.3 Å². The molecule has 1 aliphatic rings. The van der Waals surface area contributed by atoms with Gasteiger partial charge in [0.2, 0.25) is 0 Å². The summed E-state index contributed by atoms with van der Waals surface area (Å²) in [6.07, 6.45) is -3.34. The van der Waals surface area contributed by atoms with Gasteiger partial charge in [0, 0.05) is 44.0 Å². The second kappa shape index (κ2) is 17.5. The maximum atomic E-state index is 14.4. The third kappa shape index (κ3) is 10.8. The summed E-state index contributed by atoms with van der Waals surface area (Å²) >= 11 is 0. The smallest absolute Gasteiger partial charge is 0.416 e. The molecule has 0 fully saturated rings. The van der Waals surface area contributed by atoms with Crippen molar-refractivity contribution < 1.29 is 45.8 Å². The molecule has 284 valence electrons. The Kier molecular flexibility index (Phi) is 13.6. The zero-order chi connectivity index (χ0) is 38.2. The van der Waals surface area contributed by atoms with Gasteiger partial charge in [-0.3, -0.25) is 9.52 Å². The van der Waals surface area contributed by atoms with Gasteiger partial charge in [-0.15, -0.1) is 0 Å². The third-order valence-corrected chi connectivity index (χ3v) is 10.3. The van der Waals surface area contributed by atoms with E-state index >= 15 is 0 Å². The minimum atomic E-state index is -4.50. The van der Waals surface area contributed by atoms with E-state index in [0.717, 1.165) is 24.1 Å². The minimum Gasteiger partial charge on any atom is -0.490 e. The topological polar surface area (TPSA) is 138 Å². The predicted molar refractivity (Wildman–Crippen MR) is 192 cm³/mol. The Morgan fingerprint density at radius 3 is 2.33 bits per heavy atom. The fraction of sp³-hybridized carbons (Fsp3) is 0.459. The lowest BCUT2D eigenvalue weighted by atomic mass is 10.0. The molecule has 11 nitrogen and oxygen atoms in total. The summed E-state index contributed by atoms with van der Waals surface area (Å²) in [6, 6.07) is 13.8. The standard InChI is InChI=1S/C37H47F3N4O7S/c1-24-9-16-31(17-10-24)52(48,49)42-30-15-18-33-32(20-30)35(46)44(26(3)23-45)21-25(2)34(50-19-7-6-8-27(4)51-33)22-43(5)36(47)41-29-13-11-28(12-14-29)37(38,39)40/h9-18,20,25-27,34,42,45H,6-8,19,21-23H2,1-5H3,(H,41,47)/t25-,26+,27-,34-/m0/s1. The molecule has 3 aromatic rings. The van der Waals surface area contributed by atoms with Crippen molar-refractivity contribution in [3.8, 4) is 5.75 Å². The van der Waals surface area contributed by atoms with Gasteiger partial charge in [0.15, 0.2) is 0 Å². The summed E-state index contributed by atoms with van der Waals surface area (Å²) in [5, 5.41) is 12.8. The highest BCUT2D eigenvalue weighted by molar-refractivity contribution is 7.92. The van der Waals surface area contributed by atoms with E-state index in [0.29, 0.717) is 19.4 Å². The highest BCUT2D eigenvalue weighted by atomic mass is 32.2. The number of rotatable bonds is 8. The maximum absolute atomic E-state index is 14.4. The number of amides is 3.